The molecule has 1 heterocycles. The number of carbonyl (C=O) groups is 2. The number of ketones is 1. The minimum absolute atomic E-state index is 0.00233. The second kappa shape index (κ2) is 10.3. The lowest BCUT2D eigenvalue weighted by atomic mass is 9.89. The van der Waals surface area contributed by atoms with Gasteiger partial charge in [0.25, 0.3) is 0 Å². The van der Waals surface area contributed by atoms with E-state index in [1.807, 2.05) is 32.0 Å². The second-order valence-corrected chi connectivity index (χ2v) is 11.5. The molecule has 0 amide bonds. The average Bonchev–Trinajstić information content (AvgIpc) is 3.20. The minimum atomic E-state index is -3.61. The summed E-state index contributed by atoms with van der Waals surface area (Å²) < 4.78 is 32.4. The van der Waals surface area contributed by atoms with Crippen LogP contribution in [0.15, 0.2) is 54.3 Å². The van der Waals surface area contributed by atoms with Crippen molar-refractivity contribution in [3.05, 3.63) is 82.5 Å². The Hall–Kier alpha value is -3.41. The molecule has 1 aliphatic carbocycles. The van der Waals surface area contributed by atoms with Crippen LogP contribution in [0.4, 0.5) is 4.39 Å². The number of aromatic nitrogens is 1. The Labute approximate surface area is 209 Å². The van der Waals surface area contributed by atoms with E-state index in [9.17, 15) is 18.5 Å². The summed E-state index contributed by atoms with van der Waals surface area (Å²) in [4.78, 5) is 28.0. The van der Waals surface area contributed by atoms with Crippen LogP contribution in [-0.2, 0) is 25.1 Å². The summed E-state index contributed by atoms with van der Waals surface area (Å²) in [7, 11) is -2.37. The summed E-state index contributed by atoms with van der Waals surface area (Å²) in [6.45, 7) is 4.02. The highest BCUT2D eigenvalue weighted by atomic mass is 31.2. The summed E-state index contributed by atoms with van der Waals surface area (Å²) in [5.74, 6) is -0.957. The second-order valence-electron chi connectivity index (χ2n) is 9.10. The molecule has 3 aromatic rings. The summed E-state index contributed by atoms with van der Waals surface area (Å²) >= 11 is 0. The fourth-order valence-electron chi connectivity index (χ4n) is 4.54. The van der Waals surface area contributed by atoms with Gasteiger partial charge in [-0.3, -0.25) is 19.1 Å². The number of benzene rings is 2. The first kappa shape index (κ1) is 25.7. The van der Waals surface area contributed by atoms with E-state index in [1.165, 1.54) is 25.1 Å². The maximum Gasteiger partial charge on any atom is 0.310 e. The highest BCUT2D eigenvalue weighted by molar-refractivity contribution is 7.63. The largest absolute Gasteiger partial charge is 0.481 e. The number of rotatable bonds is 9. The van der Waals surface area contributed by atoms with Gasteiger partial charge in [-0.1, -0.05) is 50.2 Å². The third-order valence-corrected chi connectivity index (χ3v) is 8.22. The molecule has 8 heteroatoms. The van der Waals surface area contributed by atoms with Gasteiger partial charge in [-0.15, -0.1) is 0 Å². The average molecular weight is 507 g/mol. The van der Waals surface area contributed by atoms with Gasteiger partial charge in [0, 0.05) is 30.5 Å². The van der Waals surface area contributed by atoms with Gasteiger partial charge < -0.3 is 9.63 Å². The molecular weight excluding hydrogens is 480 g/mol. The monoisotopic (exact) mass is 507 g/mol. The zero-order chi connectivity index (χ0) is 26.0. The summed E-state index contributed by atoms with van der Waals surface area (Å²) in [5.41, 5.74) is 7.18. The van der Waals surface area contributed by atoms with Crippen molar-refractivity contribution in [3.8, 4) is 22.4 Å². The van der Waals surface area contributed by atoms with Gasteiger partial charge in [-0.2, -0.15) is 0 Å². The number of nitrogens with zero attached hydrogens (tertiary/aromatic N) is 1. The van der Waals surface area contributed by atoms with Gasteiger partial charge in [0.05, 0.1) is 17.5 Å². The van der Waals surface area contributed by atoms with Crippen LogP contribution in [0.2, 0.25) is 0 Å². The van der Waals surface area contributed by atoms with E-state index in [1.54, 1.807) is 18.2 Å². The first-order valence-electron chi connectivity index (χ1n) is 11.6. The van der Waals surface area contributed by atoms with E-state index in [0.29, 0.717) is 12.0 Å². The van der Waals surface area contributed by atoms with Crippen molar-refractivity contribution in [3.63, 3.8) is 0 Å². The number of Topliss-reactive ketones (excluding diaryl/α,β-unsaturated/α-hetero) is 1. The predicted octanol–water partition coefficient (Wildman–Crippen LogP) is 6.52. The smallest absolute Gasteiger partial charge is 0.310 e. The van der Waals surface area contributed by atoms with E-state index in [2.05, 4.69) is 6.07 Å². The van der Waals surface area contributed by atoms with Gasteiger partial charge in [-0.25, -0.2) is 4.39 Å². The van der Waals surface area contributed by atoms with Crippen LogP contribution >= 0.6 is 7.37 Å². The van der Waals surface area contributed by atoms with Gasteiger partial charge in [0.1, 0.15) is 12.2 Å². The van der Waals surface area contributed by atoms with Crippen LogP contribution in [0.25, 0.3) is 28.5 Å². The van der Waals surface area contributed by atoms with Crippen molar-refractivity contribution in [1.82, 2.24) is 4.98 Å². The number of hydrogen-bond donors (Lipinski definition) is 1. The van der Waals surface area contributed by atoms with E-state index >= 15 is 0 Å². The number of hydrogen-bond acceptors (Lipinski definition) is 5. The Morgan fingerprint density at radius 3 is 2.50 bits per heavy atom. The van der Waals surface area contributed by atoms with Crippen LogP contribution in [0.5, 0.6) is 0 Å². The molecular formula is C28H27FNO5P. The molecule has 2 aromatic carbocycles. The SMILES string of the molecule is COP(=O)(C=Cc1c(C(C)C)nc2c(c1-c1ccc(F)cc1)Cc1ccccc1-2)CC(=O)CC(=O)O. The molecule has 0 spiro atoms. The van der Waals surface area contributed by atoms with Crippen molar-refractivity contribution in [1.29, 1.82) is 0 Å². The van der Waals surface area contributed by atoms with Gasteiger partial charge >= 0.3 is 5.97 Å². The normalized spacial score (nSPS) is 14.0. The fourth-order valence-corrected chi connectivity index (χ4v) is 5.88. The molecule has 0 saturated carbocycles. The molecule has 0 fully saturated rings. The van der Waals surface area contributed by atoms with E-state index in [-0.39, 0.29) is 11.7 Å². The lowest BCUT2D eigenvalue weighted by Gasteiger charge is -2.20. The Kier molecular flexibility index (Phi) is 7.34. The van der Waals surface area contributed by atoms with Crippen LogP contribution in [0.1, 0.15) is 48.6 Å². The lowest BCUT2D eigenvalue weighted by molar-refractivity contribution is -0.139. The van der Waals surface area contributed by atoms with Gasteiger partial charge in [0.15, 0.2) is 5.78 Å². The van der Waals surface area contributed by atoms with Crippen molar-refractivity contribution in [2.75, 3.05) is 13.3 Å². The Morgan fingerprint density at radius 1 is 1.17 bits per heavy atom. The number of pyridine rings is 1. The van der Waals surface area contributed by atoms with Crippen LogP contribution in [0.3, 0.4) is 0 Å². The summed E-state index contributed by atoms with van der Waals surface area (Å²) in [6.07, 6.45) is 1.06. The Morgan fingerprint density at radius 2 is 1.86 bits per heavy atom. The molecule has 1 unspecified atom stereocenters. The molecule has 6 nitrogen and oxygen atoms in total. The molecule has 0 aliphatic heterocycles. The molecule has 1 aromatic heterocycles. The molecule has 1 aliphatic rings. The highest BCUT2D eigenvalue weighted by Crippen LogP contribution is 2.50. The topological polar surface area (TPSA) is 93.6 Å². The molecule has 1 atom stereocenters. The zero-order valence-corrected chi connectivity index (χ0v) is 21.2. The zero-order valence-electron chi connectivity index (χ0n) is 20.3. The minimum Gasteiger partial charge on any atom is -0.481 e. The number of carboxylic acid groups (broad SMARTS) is 1. The maximum absolute atomic E-state index is 13.8. The maximum atomic E-state index is 13.8. The number of fused-ring (bicyclic) bond motifs is 3. The molecule has 0 saturated heterocycles. The number of aliphatic carboxylic acids is 1. The molecule has 4 rings (SSSR count). The van der Waals surface area contributed by atoms with Crippen LogP contribution in [0, 0.1) is 5.82 Å². The molecule has 0 bridgehead atoms. The Balaban J connectivity index is 1.91. The van der Waals surface area contributed by atoms with Crippen molar-refractivity contribution in [2.24, 2.45) is 0 Å². The van der Waals surface area contributed by atoms with Gasteiger partial charge in [0.2, 0.25) is 7.37 Å². The lowest BCUT2D eigenvalue weighted by Crippen LogP contribution is -2.11. The number of carboxylic acids is 1. The number of halogens is 1. The molecule has 1 N–H and O–H groups in total. The Bertz CT molecular complexity index is 1410. The molecule has 0 radical (unpaired) electrons. The summed E-state index contributed by atoms with van der Waals surface area (Å²) in [5, 5.41) is 8.90. The molecule has 186 valence electrons. The van der Waals surface area contributed by atoms with E-state index in [0.717, 1.165) is 39.2 Å². The predicted molar refractivity (Wildman–Crippen MR) is 138 cm³/mol. The standard InChI is InChI=1S/C28H27FNO5P/c1-17(2)27-23(12-13-36(34,35-3)16-21(31)15-25(32)33)26(18-8-10-20(29)11-9-18)24-14-19-6-4-5-7-22(19)28(24)30-27/h4-13,17H,14-16H2,1-3H3,(H,32,33). The van der Waals surface area contributed by atoms with Crippen LogP contribution in [-0.4, -0.2) is 35.1 Å². The number of carbonyl (C=O) groups excluding carboxylic acids is 1. The quantitative estimate of drug-likeness (QED) is 0.205. The van der Waals surface area contributed by atoms with E-state index in [4.69, 9.17) is 14.6 Å². The first-order chi connectivity index (χ1) is 17.1. The van der Waals surface area contributed by atoms with Crippen molar-refractivity contribution < 1.29 is 28.2 Å². The van der Waals surface area contributed by atoms with Crippen molar-refractivity contribution in [2.45, 2.75) is 32.6 Å². The third kappa shape index (κ3) is 5.23. The van der Waals surface area contributed by atoms with Crippen molar-refractivity contribution >= 4 is 25.2 Å². The molecule has 36 heavy (non-hydrogen) atoms. The van der Waals surface area contributed by atoms with Gasteiger partial charge in [-0.05, 0) is 46.4 Å². The highest BCUT2D eigenvalue weighted by Gasteiger charge is 2.29. The fraction of sp³-hybridized carbons (Fsp3) is 0.250. The van der Waals surface area contributed by atoms with E-state index < -0.39 is 31.7 Å². The summed E-state index contributed by atoms with van der Waals surface area (Å²) in [6, 6.07) is 14.3. The van der Waals surface area contributed by atoms with Crippen LogP contribution < -0.4 is 0 Å². The first-order valence-corrected chi connectivity index (χ1v) is 13.5. The third-order valence-electron chi connectivity index (χ3n) is 6.21.